The zero-order valence-electron chi connectivity index (χ0n) is 6.08. The van der Waals surface area contributed by atoms with E-state index < -0.39 is 0 Å². The summed E-state index contributed by atoms with van der Waals surface area (Å²) in [5.41, 5.74) is 0.815. The van der Waals surface area contributed by atoms with Gasteiger partial charge in [0.15, 0.2) is 5.76 Å². The van der Waals surface area contributed by atoms with Crippen LogP contribution in [0.2, 0.25) is 0 Å². The smallest absolute Gasteiger partial charge is 0.157 e. The van der Waals surface area contributed by atoms with E-state index in [1.807, 2.05) is 30.3 Å². The maximum absolute atomic E-state index is 5.61. The van der Waals surface area contributed by atoms with Gasteiger partial charge in [-0.1, -0.05) is 42.0 Å². The van der Waals surface area contributed by atoms with E-state index in [1.165, 1.54) is 0 Å². The first-order valence-electron chi connectivity index (χ1n) is 3.46. The summed E-state index contributed by atoms with van der Waals surface area (Å²) >= 11 is 10.4. The van der Waals surface area contributed by atoms with Crippen molar-refractivity contribution in [3.05, 3.63) is 36.1 Å². The highest BCUT2D eigenvalue weighted by Crippen LogP contribution is 2.20. The van der Waals surface area contributed by atoms with Crippen LogP contribution < -0.4 is 0 Å². The lowest BCUT2D eigenvalue weighted by molar-refractivity contribution is 0.608. The molecule has 0 saturated carbocycles. The van der Waals surface area contributed by atoms with Gasteiger partial charge >= 0.3 is 0 Å². The van der Waals surface area contributed by atoms with Crippen LogP contribution in [0, 0.1) is 0 Å². The molecule has 60 valence electrons. The second kappa shape index (κ2) is 2.88. The molecule has 2 aromatic rings. The lowest BCUT2D eigenvalue weighted by atomic mass is 10.2. The van der Waals surface area contributed by atoms with Crippen LogP contribution >= 0.6 is 23.8 Å². The van der Waals surface area contributed by atoms with Crippen molar-refractivity contribution in [2.45, 2.75) is 0 Å². The molecule has 0 unspecified atom stereocenters. The normalized spacial score (nSPS) is 10.4. The molecule has 0 radical (unpaired) electrons. The Bertz CT molecular complexity index is 400. The van der Waals surface area contributed by atoms with Gasteiger partial charge in [-0.2, -0.15) is 0 Å². The Hall–Kier alpha value is -0.860. The average Bonchev–Trinajstić information content (AvgIpc) is 2.46. The van der Waals surface area contributed by atoms with E-state index in [4.69, 9.17) is 28.2 Å². The molecule has 1 aromatic carbocycles. The van der Waals surface area contributed by atoms with Crippen molar-refractivity contribution in [3.63, 3.8) is 0 Å². The van der Waals surface area contributed by atoms with Crippen molar-refractivity contribution in [2.75, 3.05) is 0 Å². The minimum Gasteiger partial charge on any atom is -0.454 e. The Morgan fingerprint density at radius 3 is 2.75 bits per heavy atom. The summed E-state index contributed by atoms with van der Waals surface area (Å²) in [5, 5.41) is 1.02. The van der Waals surface area contributed by atoms with Crippen molar-refractivity contribution < 1.29 is 4.42 Å². The van der Waals surface area contributed by atoms with Gasteiger partial charge in [0.25, 0.3) is 0 Å². The highest BCUT2D eigenvalue weighted by Gasteiger charge is 2.04. The number of hydrogen-bond acceptors (Lipinski definition) is 2. The number of halogens is 1. The monoisotopic (exact) mass is 196 g/mol. The summed E-state index contributed by atoms with van der Waals surface area (Å²) in [4.78, 5) is 0. The van der Waals surface area contributed by atoms with Crippen LogP contribution in [0.4, 0.5) is 0 Å². The Labute approximate surface area is 79.9 Å². The molecule has 3 heteroatoms. The maximum Gasteiger partial charge on any atom is 0.157 e. The topological polar surface area (TPSA) is 13.1 Å². The van der Waals surface area contributed by atoms with Crippen LogP contribution in [-0.4, -0.2) is 4.32 Å². The number of furan rings is 1. The molecule has 0 spiro atoms. The van der Waals surface area contributed by atoms with Gasteiger partial charge in [-0.05, 0) is 12.1 Å². The highest BCUT2D eigenvalue weighted by molar-refractivity contribution is 7.83. The quantitative estimate of drug-likeness (QED) is 0.513. The zero-order chi connectivity index (χ0) is 8.55. The first kappa shape index (κ1) is 7.77. The number of fused-ring (bicyclic) bond motifs is 1. The molecule has 1 nitrogen and oxygen atoms in total. The minimum atomic E-state index is 0.270. The predicted molar refractivity (Wildman–Crippen MR) is 53.8 cm³/mol. The summed E-state index contributed by atoms with van der Waals surface area (Å²) in [6.45, 7) is 0. The lowest BCUT2D eigenvalue weighted by Crippen LogP contribution is -1.78. The SMILES string of the molecule is S=C(Cl)c1cc2ccccc2o1. The van der Waals surface area contributed by atoms with E-state index in [0.29, 0.717) is 5.76 Å². The van der Waals surface area contributed by atoms with Crippen LogP contribution in [0.5, 0.6) is 0 Å². The van der Waals surface area contributed by atoms with Gasteiger partial charge in [0.05, 0.1) is 0 Å². The third-order valence-corrected chi connectivity index (χ3v) is 2.01. The molecule has 0 saturated heterocycles. The standard InChI is InChI=1S/C9H5ClOS/c10-9(12)8-5-6-3-1-2-4-7(6)11-8/h1-5H. The van der Waals surface area contributed by atoms with Gasteiger partial charge in [0.2, 0.25) is 0 Å². The molecule has 1 aromatic heterocycles. The van der Waals surface area contributed by atoms with Crippen molar-refractivity contribution in [3.8, 4) is 0 Å². The summed E-state index contributed by atoms with van der Waals surface area (Å²) in [6.07, 6.45) is 0. The van der Waals surface area contributed by atoms with E-state index >= 15 is 0 Å². The number of rotatable bonds is 1. The molecule has 0 atom stereocenters. The second-order valence-corrected chi connectivity index (χ2v) is 3.43. The Kier molecular flexibility index (Phi) is 1.87. The van der Waals surface area contributed by atoms with Gasteiger partial charge in [-0.3, -0.25) is 0 Å². The Morgan fingerprint density at radius 2 is 2.08 bits per heavy atom. The van der Waals surface area contributed by atoms with E-state index in [9.17, 15) is 0 Å². The van der Waals surface area contributed by atoms with E-state index in [1.54, 1.807) is 0 Å². The molecule has 0 fully saturated rings. The van der Waals surface area contributed by atoms with E-state index in [-0.39, 0.29) is 4.32 Å². The predicted octanol–water partition coefficient (Wildman–Crippen LogP) is 3.35. The van der Waals surface area contributed by atoms with Gasteiger partial charge < -0.3 is 4.42 Å². The fraction of sp³-hybridized carbons (Fsp3) is 0. The molecule has 12 heavy (non-hydrogen) atoms. The molecular weight excluding hydrogens is 192 g/mol. The first-order chi connectivity index (χ1) is 5.77. The molecule has 0 amide bonds. The van der Waals surface area contributed by atoms with Crippen LogP contribution in [-0.2, 0) is 0 Å². The van der Waals surface area contributed by atoms with Gasteiger partial charge in [-0.25, -0.2) is 0 Å². The lowest BCUT2D eigenvalue weighted by Gasteiger charge is -1.84. The van der Waals surface area contributed by atoms with Crippen LogP contribution in [0.25, 0.3) is 11.0 Å². The molecule has 0 aliphatic carbocycles. The number of benzene rings is 1. The van der Waals surface area contributed by atoms with Crippen molar-refractivity contribution in [1.82, 2.24) is 0 Å². The highest BCUT2D eigenvalue weighted by atomic mass is 35.5. The van der Waals surface area contributed by atoms with Crippen LogP contribution in [0.15, 0.2) is 34.7 Å². The van der Waals surface area contributed by atoms with E-state index in [0.717, 1.165) is 11.0 Å². The third kappa shape index (κ3) is 1.24. The maximum atomic E-state index is 5.61. The number of para-hydroxylation sites is 1. The Balaban J connectivity index is 2.70. The average molecular weight is 197 g/mol. The molecule has 1 heterocycles. The summed E-state index contributed by atoms with van der Waals surface area (Å²) in [6, 6.07) is 9.53. The minimum absolute atomic E-state index is 0.270. The number of thiocarbonyl (C=S) groups is 1. The fourth-order valence-corrected chi connectivity index (χ4v) is 1.27. The summed E-state index contributed by atoms with van der Waals surface area (Å²) < 4.78 is 5.63. The van der Waals surface area contributed by atoms with Crippen LogP contribution in [0.3, 0.4) is 0 Å². The largest absolute Gasteiger partial charge is 0.454 e. The Morgan fingerprint density at radius 1 is 1.33 bits per heavy atom. The number of hydrogen-bond donors (Lipinski definition) is 0. The molecule has 0 aliphatic rings. The van der Waals surface area contributed by atoms with Gasteiger partial charge in [0.1, 0.15) is 9.91 Å². The van der Waals surface area contributed by atoms with Crippen molar-refractivity contribution in [2.24, 2.45) is 0 Å². The van der Waals surface area contributed by atoms with E-state index in [2.05, 4.69) is 0 Å². The van der Waals surface area contributed by atoms with Gasteiger partial charge in [-0.15, -0.1) is 0 Å². The first-order valence-corrected chi connectivity index (χ1v) is 4.24. The molecular formula is C9H5ClOS. The zero-order valence-corrected chi connectivity index (χ0v) is 7.65. The van der Waals surface area contributed by atoms with Crippen LogP contribution in [0.1, 0.15) is 5.76 Å². The summed E-state index contributed by atoms with van der Waals surface area (Å²) in [7, 11) is 0. The summed E-state index contributed by atoms with van der Waals surface area (Å²) in [5.74, 6) is 0.563. The van der Waals surface area contributed by atoms with Crippen molar-refractivity contribution in [1.29, 1.82) is 0 Å². The molecule has 2 rings (SSSR count). The van der Waals surface area contributed by atoms with Crippen molar-refractivity contribution >= 4 is 39.1 Å². The van der Waals surface area contributed by atoms with Gasteiger partial charge in [0, 0.05) is 5.39 Å². The third-order valence-electron chi connectivity index (χ3n) is 1.62. The molecule has 0 N–H and O–H groups in total. The molecule has 0 bridgehead atoms. The second-order valence-electron chi connectivity index (χ2n) is 2.42. The molecule has 0 aliphatic heterocycles. The fourth-order valence-electron chi connectivity index (χ4n) is 1.08.